The third-order valence-corrected chi connectivity index (χ3v) is 4.94. The number of benzene rings is 1. The topological polar surface area (TPSA) is 67.1 Å². The van der Waals surface area contributed by atoms with E-state index < -0.39 is 11.9 Å². The fourth-order valence-electron chi connectivity index (χ4n) is 2.60. The Morgan fingerprint density at radius 3 is 2.60 bits per heavy atom. The summed E-state index contributed by atoms with van der Waals surface area (Å²) < 4.78 is 39.6. The van der Waals surface area contributed by atoms with E-state index in [1.165, 1.54) is 5.56 Å². The van der Waals surface area contributed by atoms with E-state index in [4.69, 9.17) is 0 Å². The Kier molecular flexibility index (Phi) is 9.08. The van der Waals surface area contributed by atoms with E-state index in [9.17, 15) is 13.2 Å². The Morgan fingerprint density at radius 1 is 1.17 bits per heavy atom. The number of aromatic nitrogens is 3. The Bertz CT molecular complexity index is 939. The number of hydrogen-bond donors (Lipinski definition) is 2. The van der Waals surface area contributed by atoms with Crippen LogP contribution >= 0.6 is 35.3 Å². The molecule has 0 fully saturated rings. The average molecular weight is 550 g/mol. The number of aliphatic imine (C=N–C) groups is 1. The molecule has 2 N–H and O–H groups in total. The van der Waals surface area contributed by atoms with Crippen LogP contribution in [0.4, 0.5) is 13.2 Å². The van der Waals surface area contributed by atoms with Crippen LogP contribution in [-0.2, 0) is 25.7 Å². The molecule has 1 aromatic carbocycles. The quantitative estimate of drug-likeness (QED) is 0.266. The predicted octanol–water partition coefficient (Wildman–Crippen LogP) is 3.93. The summed E-state index contributed by atoms with van der Waals surface area (Å²) in [7, 11) is 1.64. The van der Waals surface area contributed by atoms with E-state index in [1.807, 2.05) is 41.2 Å². The minimum atomic E-state index is -4.40. The molecule has 162 valence electrons. The highest BCUT2D eigenvalue weighted by Crippen LogP contribution is 2.29. The molecule has 0 unspecified atom stereocenters. The zero-order chi connectivity index (χ0) is 20.7. The summed E-state index contributed by atoms with van der Waals surface area (Å²) in [5.74, 6) is 0.563. The van der Waals surface area contributed by atoms with Crippen molar-refractivity contribution in [2.45, 2.75) is 25.7 Å². The zero-order valence-electron chi connectivity index (χ0n) is 16.2. The van der Waals surface area contributed by atoms with Gasteiger partial charge in [-0.2, -0.15) is 18.3 Å². The second kappa shape index (κ2) is 11.3. The first kappa shape index (κ1) is 24.1. The van der Waals surface area contributed by atoms with Gasteiger partial charge in [0.1, 0.15) is 0 Å². The van der Waals surface area contributed by atoms with E-state index in [-0.39, 0.29) is 24.0 Å². The fraction of sp³-hybridized carbons (Fsp3) is 0.316. The molecular formula is C19H22F3IN6S. The Hall–Kier alpha value is -2.15. The van der Waals surface area contributed by atoms with Gasteiger partial charge in [0, 0.05) is 43.7 Å². The van der Waals surface area contributed by atoms with Gasteiger partial charge in [0.05, 0.1) is 17.7 Å². The summed E-state index contributed by atoms with van der Waals surface area (Å²) in [5, 5.41) is 12.1. The molecule has 11 heteroatoms. The molecule has 0 spiro atoms. The highest BCUT2D eigenvalue weighted by atomic mass is 127. The molecule has 2 heterocycles. The van der Waals surface area contributed by atoms with Crippen LogP contribution < -0.4 is 10.6 Å². The first-order valence-corrected chi connectivity index (χ1v) is 9.83. The molecule has 0 bridgehead atoms. The van der Waals surface area contributed by atoms with E-state index in [1.54, 1.807) is 13.2 Å². The number of nitrogens with zero attached hydrogens (tertiary/aromatic N) is 4. The molecule has 2 aromatic heterocycles. The highest BCUT2D eigenvalue weighted by Gasteiger charge is 2.33. The van der Waals surface area contributed by atoms with Crippen LogP contribution in [0.5, 0.6) is 0 Å². The molecule has 0 aliphatic carbocycles. The molecule has 3 aromatic rings. The Morgan fingerprint density at radius 2 is 1.93 bits per heavy atom. The minimum absolute atomic E-state index is 0. The number of alkyl halides is 3. The van der Waals surface area contributed by atoms with Gasteiger partial charge in [-0.05, 0) is 5.56 Å². The maximum Gasteiger partial charge on any atom is 0.434 e. The normalized spacial score (nSPS) is 11.8. The minimum Gasteiger partial charge on any atom is -0.356 e. The van der Waals surface area contributed by atoms with Crippen molar-refractivity contribution in [3.8, 4) is 0 Å². The highest BCUT2D eigenvalue weighted by molar-refractivity contribution is 14.0. The van der Waals surface area contributed by atoms with Crippen LogP contribution in [0.25, 0.3) is 0 Å². The summed E-state index contributed by atoms with van der Waals surface area (Å²) in [4.78, 5) is 7.74. The maximum atomic E-state index is 12.6. The second-order valence-electron chi connectivity index (χ2n) is 6.26. The van der Waals surface area contributed by atoms with Crippen molar-refractivity contribution in [1.82, 2.24) is 25.4 Å². The summed E-state index contributed by atoms with van der Waals surface area (Å²) >= 11 is 1.01. The van der Waals surface area contributed by atoms with Gasteiger partial charge in [-0.3, -0.25) is 9.67 Å². The van der Waals surface area contributed by atoms with Crippen LogP contribution in [0, 0.1) is 0 Å². The van der Waals surface area contributed by atoms with Gasteiger partial charge >= 0.3 is 6.18 Å². The van der Waals surface area contributed by atoms with Gasteiger partial charge in [0.25, 0.3) is 0 Å². The Balaban J connectivity index is 0.00000320. The van der Waals surface area contributed by atoms with Crippen LogP contribution in [0.2, 0.25) is 0 Å². The summed E-state index contributed by atoms with van der Waals surface area (Å²) in [6.45, 7) is 1.66. The van der Waals surface area contributed by atoms with Crippen molar-refractivity contribution in [2.75, 3.05) is 13.6 Å². The zero-order valence-corrected chi connectivity index (χ0v) is 19.3. The van der Waals surface area contributed by atoms with Crippen molar-refractivity contribution in [2.24, 2.45) is 4.99 Å². The van der Waals surface area contributed by atoms with Crippen molar-refractivity contribution >= 4 is 41.3 Å². The van der Waals surface area contributed by atoms with Crippen molar-refractivity contribution in [3.63, 3.8) is 0 Å². The van der Waals surface area contributed by atoms with Gasteiger partial charge in [-0.25, -0.2) is 4.98 Å². The van der Waals surface area contributed by atoms with Crippen molar-refractivity contribution in [1.29, 1.82) is 0 Å². The maximum absolute atomic E-state index is 12.6. The lowest BCUT2D eigenvalue weighted by molar-refractivity contribution is -0.140. The molecule has 3 rings (SSSR count). The average Bonchev–Trinajstić information content (AvgIpc) is 3.35. The largest absolute Gasteiger partial charge is 0.434 e. The van der Waals surface area contributed by atoms with E-state index in [2.05, 4.69) is 25.7 Å². The molecule has 0 radical (unpaired) electrons. The molecule has 0 saturated carbocycles. The van der Waals surface area contributed by atoms with Crippen LogP contribution in [0.15, 0.2) is 53.1 Å². The number of rotatable bonds is 7. The Labute approximate surface area is 193 Å². The molecule has 0 aliphatic heterocycles. The third kappa shape index (κ3) is 7.27. The number of thiazole rings is 1. The van der Waals surface area contributed by atoms with Crippen LogP contribution in [0.3, 0.4) is 0 Å². The monoisotopic (exact) mass is 550 g/mol. The molecule has 6 nitrogen and oxygen atoms in total. The summed E-state index contributed by atoms with van der Waals surface area (Å²) in [5.41, 5.74) is 1.33. The number of hydrogen-bond acceptors (Lipinski definition) is 4. The number of guanidine groups is 1. The third-order valence-electron chi connectivity index (χ3n) is 4.03. The lowest BCUT2D eigenvalue weighted by atomic mass is 10.2. The van der Waals surface area contributed by atoms with Crippen molar-refractivity contribution < 1.29 is 13.2 Å². The first-order valence-electron chi connectivity index (χ1n) is 8.95. The lowest BCUT2D eigenvalue weighted by Gasteiger charge is -2.10. The molecular weight excluding hydrogens is 528 g/mol. The van der Waals surface area contributed by atoms with Gasteiger partial charge in [0.2, 0.25) is 0 Å². The predicted molar refractivity (Wildman–Crippen MR) is 122 cm³/mol. The van der Waals surface area contributed by atoms with Gasteiger partial charge in [0.15, 0.2) is 11.7 Å². The molecule has 0 amide bonds. The van der Waals surface area contributed by atoms with E-state index in [0.29, 0.717) is 37.0 Å². The fourth-order valence-corrected chi connectivity index (χ4v) is 3.41. The van der Waals surface area contributed by atoms with Gasteiger partial charge < -0.3 is 10.6 Å². The summed E-state index contributed by atoms with van der Waals surface area (Å²) in [6.07, 6.45) is -0.264. The van der Waals surface area contributed by atoms with Crippen LogP contribution in [-0.4, -0.2) is 34.3 Å². The standard InChI is InChI=1S/C19H21F3N6S.HI/c1-23-18(24-8-7-17-27-16(13-29-17)19(20,21)22)25-9-15-10-26-28(12-15)11-14-5-3-2-4-6-14;/h2-6,10,12-13H,7-9,11H2,1H3,(H2,23,24,25);1H. The number of nitrogens with one attached hydrogen (secondary N) is 2. The molecule has 0 aliphatic rings. The molecule has 0 saturated heterocycles. The second-order valence-corrected chi connectivity index (χ2v) is 7.20. The van der Waals surface area contributed by atoms with Crippen LogP contribution in [0.1, 0.15) is 21.8 Å². The first-order chi connectivity index (χ1) is 13.9. The van der Waals surface area contributed by atoms with Gasteiger partial charge in [-0.1, -0.05) is 30.3 Å². The van der Waals surface area contributed by atoms with Gasteiger partial charge in [-0.15, -0.1) is 35.3 Å². The smallest absolute Gasteiger partial charge is 0.356 e. The SMILES string of the molecule is CN=C(NCCc1nc(C(F)(F)F)cs1)NCc1cnn(Cc2ccccc2)c1.I. The number of halogens is 4. The molecule has 0 atom stereocenters. The van der Waals surface area contributed by atoms with E-state index >= 15 is 0 Å². The molecule has 30 heavy (non-hydrogen) atoms. The van der Waals surface area contributed by atoms with Crippen molar-refractivity contribution in [3.05, 3.63) is 69.9 Å². The van der Waals surface area contributed by atoms with E-state index in [0.717, 1.165) is 22.3 Å². The lowest BCUT2D eigenvalue weighted by Crippen LogP contribution is -2.37. The summed E-state index contributed by atoms with van der Waals surface area (Å²) in [6, 6.07) is 10.1.